The monoisotopic (exact) mass is 462 g/mol. The highest BCUT2D eigenvalue weighted by atomic mass is 19.3. The van der Waals surface area contributed by atoms with E-state index in [1.54, 1.807) is 6.20 Å². The maximum atomic E-state index is 12.8. The summed E-state index contributed by atoms with van der Waals surface area (Å²) in [5.74, 6) is 0.680. The molecule has 0 saturated carbocycles. The topological polar surface area (TPSA) is 71.2 Å². The second-order valence-corrected chi connectivity index (χ2v) is 9.15. The lowest BCUT2D eigenvalue weighted by Crippen LogP contribution is -2.37. The Hall–Kier alpha value is -3.32. The Kier molecular flexibility index (Phi) is 6.28. The normalized spacial score (nSPS) is 18.6. The predicted molar refractivity (Wildman–Crippen MR) is 130 cm³/mol. The number of carbonyl (C=O) groups is 1. The van der Waals surface area contributed by atoms with Gasteiger partial charge in [-0.3, -0.25) is 9.69 Å². The van der Waals surface area contributed by atoms with E-state index in [1.807, 2.05) is 29.2 Å². The molecular formula is C27H28F2N4O. The molecular weight excluding hydrogens is 434 g/mol. The maximum Gasteiger partial charge on any atom is 0.251 e. The summed E-state index contributed by atoms with van der Waals surface area (Å²) in [6.45, 7) is 1.90. The molecule has 1 saturated heterocycles. The highest BCUT2D eigenvalue weighted by Gasteiger charge is 2.23. The molecule has 2 aromatic carbocycles. The largest absolute Gasteiger partial charge is 0.383 e. The van der Waals surface area contributed by atoms with Crippen molar-refractivity contribution in [2.24, 2.45) is 0 Å². The first kappa shape index (κ1) is 22.5. The number of nitrogens with two attached hydrogens (primary N) is 1. The molecule has 1 amide bonds. The molecule has 176 valence electrons. The quantitative estimate of drug-likeness (QED) is 0.575. The summed E-state index contributed by atoms with van der Waals surface area (Å²) in [5, 5.41) is 2.87. The number of nitrogens with one attached hydrogen (secondary N) is 1. The van der Waals surface area contributed by atoms with Gasteiger partial charge in [-0.15, -0.1) is 0 Å². The molecule has 1 fully saturated rings. The van der Waals surface area contributed by atoms with Crippen LogP contribution >= 0.6 is 0 Å². The molecule has 0 spiro atoms. The number of benzene rings is 2. The number of rotatable bonds is 5. The number of pyridine rings is 1. The molecule has 0 bridgehead atoms. The van der Waals surface area contributed by atoms with Gasteiger partial charge in [0.25, 0.3) is 12.3 Å². The highest BCUT2D eigenvalue weighted by molar-refractivity contribution is 5.97. The molecule has 34 heavy (non-hydrogen) atoms. The Labute approximate surface area is 198 Å². The number of anilines is 1. The highest BCUT2D eigenvalue weighted by Crippen LogP contribution is 2.33. The van der Waals surface area contributed by atoms with E-state index in [0.717, 1.165) is 53.6 Å². The number of aromatic nitrogens is 1. The van der Waals surface area contributed by atoms with Gasteiger partial charge in [0, 0.05) is 36.0 Å². The predicted octanol–water partition coefficient (Wildman–Crippen LogP) is 4.73. The molecule has 5 rings (SSSR count). The fraction of sp³-hybridized carbons (Fsp3) is 0.333. The van der Waals surface area contributed by atoms with Crippen LogP contribution in [0.1, 0.15) is 40.2 Å². The van der Waals surface area contributed by atoms with Crippen molar-refractivity contribution in [3.63, 3.8) is 0 Å². The third-order valence-electron chi connectivity index (χ3n) is 6.88. The van der Waals surface area contributed by atoms with E-state index in [1.165, 1.54) is 5.56 Å². The van der Waals surface area contributed by atoms with Crippen LogP contribution in [0.15, 0.2) is 54.7 Å². The number of nitrogen functional groups attached to an aromatic ring is 1. The number of hydrogen-bond acceptors (Lipinski definition) is 4. The maximum absolute atomic E-state index is 12.8. The van der Waals surface area contributed by atoms with E-state index >= 15 is 0 Å². The number of carbonyl (C=O) groups excluding carboxylic acids is 1. The third kappa shape index (κ3) is 4.66. The minimum atomic E-state index is -2.29. The molecule has 3 N–H and O–H groups in total. The van der Waals surface area contributed by atoms with Crippen LogP contribution in [-0.2, 0) is 6.42 Å². The standard InChI is InChI=1S/C27H28F2N4O/c28-25(29)16-33-11-1-2-21(15-33)17-3-5-18(6-4-17)22-13-24(26(30)32-14-22)19-7-8-23-20(12-19)9-10-31-27(23)34/h3-8,12-14,21,25H,1-2,9-11,15-16H2,(H2,30,32)(H,31,34). The van der Waals surface area contributed by atoms with Crippen LogP contribution in [0.2, 0.25) is 0 Å². The number of likely N-dealkylation sites (tertiary alicyclic amines) is 1. The number of nitrogens with zero attached hydrogens (tertiary/aromatic N) is 2. The second-order valence-electron chi connectivity index (χ2n) is 9.15. The number of fused-ring (bicyclic) bond motifs is 1. The van der Waals surface area contributed by atoms with E-state index < -0.39 is 6.43 Å². The van der Waals surface area contributed by atoms with Gasteiger partial charge in [-0.1, -0.05) is 36.4 Å². The van der Waals surface area contributed by atoms with Crippen molar-refractivity contribution in [3.8, 4) is 22.3 Å². The number of halogens is 2. The summed E-state index contributed by atoms with van der Waals surface area (Å²) in [5.41, 5.74) is 12.9. The van der Waals surface area contributed by atoms with Crippen molar-refractivity contribution in [3.05, 3.63) is 71.4 Å². The lowest BCUT2D eigenvalue weighted by molar-refractivity contribution is 0.0739. The first-order valence-electron chi connectivity index (χ1n) is 11.8. The zero-order valence-corrected chi connectivity index (χ0v) is 18.9. The van der Waals surface area contributed by atoms with Crippen LogP contribution in [0.3, 0.4) is 0 Å². The van der Waals surface area contributed by atoms with Crippen LogP contribution in [0.25, 0.3) is 22.3 Å². The van der Waals surface area contributed by atoms with Gasteiger partial charge in [-0.25, -0.2) is 13.8 Å². The van der Waals surface area contributed by atoms with E-state index in [9.17, 15) is 13.6 Å². The van der Waals surface area contributed by atoms with E-state index in [4.69, 9.17) is 5.73 Å². The SMILES string of the molecule is Nc1ncc(-c2ccc(C3CCCN(CC(F)F)C3)cc2)cc1-c1ccc2c(c1)CCNC2=O. The summed E-state index contributed by atoms with van der Waals surface area (Å²) in [7, 11) is 0. The van der Waals surface area contributed by atoms with Crippen LogP contribution in [0.5, 0.6) is 0 Å². The van der Waals surface area contributed by atoms with Crippen LogP contribution in [0, 0.1) is 0 Å². The number of hydrogen-bond donors (Lipinski definition) is 2. The Balaban J connectivity index is 1.38. The molecule has 7 heteroatoms. The van der Waals surface area contributed by atoms with Crippen molar-refractivity contribution in [1.29, 1.82) is 0 Å². The average Bonchev–Trinajstić information content (AvgIpc) is 2.84. The number of amides is 1. The minimum absolute atomic E-state index is 0.0389. The summed E-state index contributed by atoms with van der Waals surface area (Å²) in [4.78, 5) is 18.4. The number of piperidine rings is 1. The first-order valence-corrected chi connectivity index (χ1v) is 11.8. The zero-order valence-electron chi connectivity index (χ0n) is 18.9. The van der Waals surface area contributed by atoms with E-state index in [-0.39, 0.29) is 18.4 Å². The van der Waals surface area contributed by atoms with Crippen molar-refractivity contribution in [2.45, 2.75) is 31.6 Å². The van der Waals surface area contributed by atoms with Gasteiger partial charge in [0.1, 0.15) is 5.82 Å². The van der Waals surface area contributed by atoms with Gasteiger partial charge >= 0.3 is 0 Å². The Bertz CT molecular complexity index is 1200. The molecule has 3 aromatic rings. The molecule has 1 aromatic heterocycles. The molecule has 1 atom stereocenters. The molecule has 2 aliphatic rings. The smallest absolute Gasteiger partial charge is 0.251 e. The minimum Gasteiger partial charge on any atom is -0.383 e. The molecule has 0 aliphatic carbocycles. The summed E-state index contributed by atoms with van der Waals surface area (Å²) in [6, 6.07) is 16.2. The molecule has 2 aliphatic heterocycles. The van der Waals surface area contributed by atoms with Gasteiger partial charge in [0.05, 0.1) is 6.54 Å². The van der Waals surface area contributed by atoms with Gasteiger partial charge in [-0.2, -0.15) is 0 Å². The molecule has 5 nitrogen and oxygen atoms in total. The van der Waals surface area contributed by atoms with Crippen LogP contribution in [-0.4, -0.2) is 48.4 Å². The van der Waals surface area contributed by atoms with Gasteiger partial charge in [0.15, 0.2) is 0 Å². The summed E-state index contributed by atoms with van der Waals surface area (Å²) in [6.07, 6.45) is 2.22. The van der Waals surface area contributed by atoms with Crippen molar-refractivity contribution in [1.82, 2.24) is 15.2 Å². The fourth-order valence-corrected chi connectivity index (χ4v) is 5.10. The number of alkyl halides is 2. The summed E-state index contributed by atoms with van der Waals surface area (Å²) >= 11 is 0. The van der Waals surface area contributed by atoms with E-state index in [2.05, 4.69) is 34.6 Å². The fourth-order valence-electron chi connectivity index (χ4n) is 5.10. The van der Waals surface area contributed by atoms with Crippen molar-refractivity contribution < 1.29 is 13.6 Å². The summed E-state index contributed by atoms with van der Waals surface area (Å²) < 4.78 is 25.6. The Morgan fingerprint density at radius 2 is 1.85 bits per heavy atom. The first-order chi connectivity index (χ1) is 16.5. The molecule has 3 heterocycles. The van der Waals surface area contributed by atoms with E-state index in [0.29, 0.717) is 24.5 Å². The van der Waals surface area contributed by atoms with Crippen LogP contribution < -0.4 is 11.1 Å². The lowest BCUT2D eigenvalue weighted by Gasteiger charge is -2.32. The van der Waals surface area contributed by atoms with Crippen molar-refractivity contribution >= 4 is 11.7 Å². The Morgan fingerprint density at radius 1 is 1.06 bits per heavy atom. The molecule has 0 radical (unpaired) electrons. The van der Waals surface area contributed by atoms with Gasteiger partial charge in [0.2, 0.25) is 0 Å². The van der Waals surface area contributed by atoms with Gasteiger partial charge in [-0.05, 0) is 66.1 Å². The van der Waals surface area contributed by atoms with Crippen LogP contribution in [0.4, 0.5) is 14.6 Å². The second kappa shape index (κ2) is 9.50. The molecule has 1 unspecified atom stereocenters. The Morgan fingerprint density at radius 3 is 2.65 bits per heavy atom. The average molecular weight is 463 g/mol. The lowest BCUT2D eigenvalue weighted by atomic mass is 9.89. The van der Waals surface area contributed by atoms with Crippen molar-refractivity contribution in [2.75, 3.05) is 31.9 Å². The third-order valence-corrected chi connectivity index (χ3v) is 6.88. The van der Waals surface area contributed by atoms with Gasteiger partial charge < -0.3 is 11.1 Å². The zero-order chi connectivity index (χ0) is 23.7.